The zero-order valence-electron chi connectivity index (χ0n) is 11.8. The first kappa shape index (κ1) is 16.0. The fourth-order valence-corrected chi connectivity index (χ4v) is 2.57. The Bertz CT molecular complexity index is 749. The molecule has 5 heteroatoms. The molecule has 4 nitrogen and oxygen atoms in total. The summed E-state index contributed by atoms with van der Waals surface area (Å²) in [5, 5.41) is 11.9. The predicted octanol–water partition coefficient (Wildman–Crippen LogP) is 3.85. The lowest BCUT2D eigenvalue weighted by Gasteiger charge is -2.05. The highest BCUT2D eigenvalue weighted by molar-refractivity contribution is 14.1. The second kappa shape index (κ2) is 7.61. The number of para-hydroxylation sites is 1. The van der Waals surface area contributed by atoms with E-state index in [1.807, 2.05) is 30.3 Å². The summed E-state index contributed by atoms with van der Waals surface area (Å²) in [6.45, 7) is 0. The molecule has 110 valence electrons. The van der Waals surface area contributed by atoms with Crippen molar-refractivity contribution < 1.29 is 9.53 Å². The Morgan fingerprint density at radius 2 is 2.00 bits per heavy atom. The molecule has 0 fully saturated rings. The SMILES string of the molecule is COc1ccc(/C=C(/C#N)C(=O)Nc2ccccc2)cc1I. The molecule has 0 unspecified atom stereocenters. The molecule has 0 heterocycles. The quantitative estimate of drug-likeness (QED) is 0.479. The number of rotatable bonds is 4. The summed E-state index contributed by atoms with van der Waals surface area (Å²) in [7, 11) is 1.60. The predicted molar refractivity (Wildman–Crippen MR) is 94.4 cm³/mol. The minimum Gasteiger partial charge on any atom is -0.496 e. The number of carbonyl (C=O) groups is 1. The van der Waals surface area contributed by atoms with Crippen LogP contribution in [-0.4, -0.2) is 13.0 Å². The third kappa shape index (κ3) is 4.09. The Morgan fingerprint density at radius 3 is 2.59 bits per heavy atom. The third-order valence-corrected chi connectivity index (χ3v) is 3.73. The monoisotopic (exact) mass is 404 g/mol. The summed E-state index contributed by atoms with van der Waals surface area (Å²) in [5.74, 6) is 0.324. The number of methoxy groups -OCH3 is 1. The summed E-state index contributed by atoms with van der Waals surface area (Å²) in [4.78, 5) is 12.1. The Balaban J connectivity index is 2.22. The number of hydrogen-bond acceptors (Lipinski definition) is 3. The maximum absolute atomic E-state index is 12.1. The molecule has 1 N–H and O–H groups in total. The summed E-state index contributed by atoms with van der Waals surface area (Å²) < 4.78 is 6.10. The van der Waals surface area contributed by atoms with E-state index in [1.165, 1.54) is 0 Å². The van der Waals surface area contributed by atoms with E-state index in [2.05, 4.69) is 27.9 Å². The minimum absolute atomic E-state index is 0.0461. The van der Waals surface area contributed by atoms with Gasteiger partial charge in [-0.1, -0.05) is 24.3 Å². The Kier molecular flexibility index (Phi) is 5.55. The maximum Gasteiger partial charge on any atom is 0.266 e. The van der Waals surface area contributed by atoms with Crippen LogP contribution in [0, 0.1) is 14.9 Å². The Labute approximate surface area is 142 Å². The van der Waals surface area contributed by atoms with Crippen molar-refractivity contribution in [1.82, 2.24) is 0 Å². The molecule has 0 saturated heterocycles. The van der Waals surface area contributed by atoms with Crippen LogP contribution in [0.2, 0.25) is 0 Å². The van der Waals surface area contributed by atoms with E-state index in [0.29, 0.717) is 5.69 Å². The second-order valence-electron chi connectivity index (χ2n) is 4.38. The molecule has 2 rings (SSSR count). The van der Waals surface area contributed by atoms with Crippen molar-refractivity contribution in [2.24, 2.45) is 0 Å². The van der Waals surface area contributed by atoms with Gasteiger partial charge in [-0.2, -0.15) is 5.26 Å². The maximum atomic E-state index is 12.1. The van der Waals surface area contributed by atoms with Crippen molar-refractivity contribution in [1.29, 1.82) is 5.26 Å². The van der Waals surface area contributed by atoms with Crippen LogP contribution in [-0.2, 0) is 4.79 Å². The summed E-state index contributed by atoms with van der Waals surface area (Å²) in [6, 6.07) is 16.4. The van der Waals surface area contributed by atoms with Gasteiger partial charge in [0.1, 0.15) is 17.4 Å². The number of nitrogens with one attached hydrogen (secondary N) is 1. The van der Waals surface area contributed by atoms with Crippen molar-refractivity contribution >= 4 is 40.3 Å². The van der Waals surface area contributed by atoms with E-state index >= 15 is 0 Å². The molecule has 0 aromatic heterocycles. The third-order valence-electron chi connectivity index (χ3n) is 2.88. The highest BCUT2D eigenvalue weighted by atomic mass is 127. The summed E-state index contributed by atoms with van der Waals surface area (Å²) in [6.07, 6.45) is 1.56. The lowest BCUT2D eigenvalue weighted by molar-refractivity contribution is -0.112. The number of benzene rings is 2. The first-order valence-corrected chi connectivity index (χ1v) is 7.53. The Hall–Kier alpha value is -2.33. The Morgan fingerprint density at radius 1 is 1.27 bits per heavy atom. The largest absolute Gasteiger partial charge is 0.496 e. The summed E-state index contributed by atoms with van der Waals surface area (Å²) in [5.41, 5.74) is 1.47. The molecule has 0 radical (unpaired) electrons. The standard InChI is InChI=1S/C17H13IN2O2/c1-22-16-8-7-12(10-15(16)18)9-13(11-19)17(21)20-14-5-3-2-4-6-14/h2-10H,1H3,(H,20,21)/b13-9-. The van der Waals surface area contributed by atoms with E-state index in [4.69, 9.17) is 4.74 Å². The molecule has 0 spiro atoms. The normalized spacial score (nSPS) is 10.7. The number of ether oxygens (including phenoxy) is 1. The van der Waals surface area contributed by atoms with Crippen molar-refractivity contribution in [3.63, 3.8) is 0 Å². The molecule has 0 aliphatic rings. The molecule has 2 aromatic rings. The molecule has 1 amide bonds. The van der Waals surface area contributed by atoms with Gasteiger partial charge in [-0.05, 0) is 58.5 Å². The molecular weight excluding hydrogens is 391 g/mol. The van der Waals surface area contributed by atoms with Gasteiger partial charge in [0.05, 0.1) is 10.7 Å². The van der Waals surface area contributed by atoms with Crippen LogP contribution in [0.25, 0.3) is 6.08 Å². The first-order valence-electron chi connectivity index (χ1n) is 6.46. The molecule has 0 bridgehead atoms. The average Bonchev–Trinajstić information content (AvgIpc) is 2.53. The van der Waals surface area contributed by atoms with Gasteiger partial charge >= 0.3 is 0 Å². The van der Waals surface area contributed by atoms with E-state index < -0.39 is 5.91 Å². The van der Waals surface area contributed by atoms with Crippen molar-refractivity contribution in [3.8, 4) is 11.8 Å². The van der Waals surface area contributed by atoms with Gasteiger partial charge in [-0.25, -0.2) is 0 Å². The van der Waals surface area contributed by atoms with Gasteiger partial charge in [0.25, 0.3) is 5.91 Å². The molecule has 0 atom stereocenters. The average molecular weight is 404 g/mol. The lowest BCUT2D eigenvalue weighted by Crippen LogP contribution is -2.13. The number of carbonyl (C=O) groups excluding carboxylic acids is 1. The van der Waals surface area contributed by atoms with Crippen LogP contribution in [0.1, 0.15) is 5.56 Å². The van der Waals surface area contributed by atoms with Crippen LogP contribution in [0.3, 0.4) is 0 Å². The van der Waals surface area contributed by atoms with Crippen molar-refractivity contribution in [3.05, 3.63) is 63.2 Å². The minimum atomic E-state index is -0.431. The number of nitrogens with zero attached hydrogens (tertiary/aromatic N) is 1. The zero-order chi connectivity index (χ0) is 15.9. The van der Waals surface area contributed by atoms with Gasteiger partial charge in [0, 0.05) is 5.69 Å². The highest BCUT2D eigenvalue weighted by Crippen LogP contribution is 2.23. The zero-order valence-corrected chi connectivity index (χ0v) is 14.0. The van der Waals surface area contributed by atoms with E-state index in [0.717, 1.165) is 14.9 Å². The van der Waals surface area contributed by atoms with Gasteiger partial charge < -0.3 is 10.1 Å². The van der Waals surface area contributed by atoms with Crippen LogP contribution in [0.4, 0.5) is 5.69 Å². The topological polar surface area (TPSA) is 62.1 Å². The number of hydrogen-bond donors (Lipinski definition) is 1. The molecule has 0 aliphatic carbocycles. The summed E-state index contributed by atoms with van der Waals surface area (Å²) >= 11 is 2.14. The molecule has 22 heavy (non-hydrogen) atoms. The van der Waals surface area contributed by atoms with Gasteiger partial charge in [0.2, 0.25) is 0 Å². The van der Waals surface area contributed by atoms with Crippen LogP contribution in [0.5, 0.6) is 5.75 Å². The van der Waals surface area contributed by atoms with Crippen LogP contribution in [0.15, 0.2) is 54.1 Å². The smallest absolute Gasteiger partial charge is 0.266 e. The number of amides is 1. The van der Waals surface area contributed by atoms with Gasteiger partial charge in [0.15, 0.2) is 0 Å². The molecular formula is C17H13IN2O2. The number of anilines is 1. The number of nitriles is 1. The lowest BCUT2D eigenvalue weighted by atomic mass is 10.1. The van der Waals surface area contributed by atoms with Gasteiger partial charge in [-0.3, -0.25) is 4.79 Å². The van der Waals surface area contributed by atoms with E-state index in [1.54, 1.807) is 37.5 Å². The fourth-order valence-electron chi connectivity index (χ4n) is 1.81. The highest BCUT2D eigenvalue weighted by Gasteiger charge is 2.10. The van der Waals surface area contributed by atoms with E-state index in [-0.39, 0.29) is 5.57 Å². The second-order valence-corrected chi connectivity index (χ2v) is 5.55. The first-order chi connectivity index (χ1) is 10.6. The van der Waals surface area contributed by atoms with Gasteiger partial charge in [-0.15, -0.1) is 0 Å². The van der Waals surface area contributed by atoms with Crippen molar-refractivity contribution in [2.45, 2.75) is 0 Å². The van der Waals surface area contributed by atoms with Crippen LogP contribution < -0.4 is 10.1 Å². The fraction of sp³-hybridized carbons (Fsp3) is 0.0588. The molecule has 0 saturated carbocycles. The van der Waals surface area contributed by atoms with Crippen LogP contribution >= 0.6 is 22.6 Å². The number of halogens is 1. The molecule has 2 aromatic carbocycles. The molecule has 0 aliphatic heterocycles. The van der Waals surface area contributed by atoms with E-state index in [9.17, 15) is 10.1 Å². The van der Waals surface area contributed by atoms with Crippen molar-refractivity contribution in [2.75, 3.05) is 12.4 Å².